The maximum absolute atomic E-state index is 12.4. The van der Waals surface area contributed by atoms with Gasteiger partial charge in [-0.1, -0.05) is 6.07 Å². The zero-order valence-electron chi connectivity index (χ0n) is 13.2. The maximum Gasteiger partial charge on any atom is 0.256 e. The van der Waals surface area contributed by atoms with E-state index in [0.29, 0.717) is 23.6 Å². The first kappa shape index (κ1) is 15.6. The van der Waals surface area contributed by atoms with Crippen LogP contribution in [0, 0.1) is 0 Å². The van der Waals surface area contributed by atoms with E-state index in [0.717, 1.165) is 25.9 Å². The Balaban J connectivity index is 1.65. The van der Waals surface area contributed by atoms with Crippen LogP contribution in [0.5, 0.6) is 0 Å². The molecule has 120 valence electrons. The Morgan fingerprint density at radius 3 is 2.74 bits per heavy atom. The molecule has 0 saturated carbocycles. The number of pyridine rings is 1. The summed E-state index contributed by atoms with van der Waals surface area (Å²) in [7, 11) is 1.78. The number of carbonyl (C=O) groups is 1. The molecule has 1 aliphatic heterocycles. The van der Waals surface area contributed by atoms with E-state index in [4.69, 9.17) is 4.74 Å². The van der Waals surface area contributed by atoms with Crippen molar-refractivity contribution in [2.45, 2.75) is 25.4 Å². The summed E-state index contributed by atoms with van der Waals surface area (Å²) in [6, 6.07) is 5.55. The summed E-state index contributed by atoms with van der Waals surface area (Å²) in [4.78, 5) is 26.8. The van der Waals surface area contributed by atoms with Gasteiger partial charge in [0.05, 0.1) is 11.7 Å². The number of carbonyl (C=O) groups excluding carboxylic acids is 1. The van der Waals surface area contributed by atoms with Crippen molar-refractivity contribution in [3.8, 4) is 11.5 Å². The molecule has 23 heavy (non-hydrogen) atoms. The molecule has 2 aromatic rings. The Kier molecular flexibility index (Phi) is 4.92. The minimum Gasteiger partial charge on any atom is -0.376 e. The van der Waals surface area contributed by atoms with Gasteiger partial charge in [0, 0.05) is 38.8 Å². The molecule has 3 rings (SSSR count). The molecule has 1 fully saturated rings. The zero-order valence-corrected chi connectivity index (χ0v) is 13.2. The average Bonchev–Trinajstić information content (AvgIpc) is 2.63. The van der Waals surface area contributed by atoms with Crippen molar-refractivity contribution >= 4 is 5.91 Å². The molecule has 2 aromatic heterocycles. The first-order valence-corrected chi connectivity index (χ1v) is 7.84. The van der Waals surface area contributed by atoms with Crippen LogP contribution < -0.4 is 0 Å². The SMILES string of the molecule is CN(C[C@@H]1CCCCO1)C(=O)c1cnc(-c2ccccn2)nc1. The van der Waals surface area contributed by atoms with Crippen molar-refractivity contribution in [1.29, 1.82) is 0 Å². The lowest BCUT2D eigenvalue weighted by atomic mass is 10.1. The van der Waals surface area contributed by atoms with Gasteiger partial charge in [-0.15, -0.1) is 0 Å². The smallest absolute Gasteiger partial charge is 0.256 e. The van der Waals surface area contributed by atoms with Gasteiger partial charge in [-0.2, -0.15) is 0 Å². The van der Waals surface area contributed by atoms with Gasteiger partial charge < -0.3 is 9.64 Å². The molecule has 0 bridgehead atoms. The second-order valence-corrected chi connectivity index (χ2v) is 5.68. The van der Waals surface area contributed by atoms with Crippen molar-refractivity contribution in [2.75, 3.05) is 20.2 Å². The van der Waals surface area contributed by atoms with Crippen LogP contribution in [0.15, 0.2) is 36.8 Å². The Hall–Kier alpha value is -2.34. The highest BCUT2D eigenvalue weighted by Gasteiger charge is 2.20. The van der Waals surface area contributed by atoms with Crippen molar-refractivity contribution < 1.29 is 9.53 Å². The molecule has 0 N–H and O–H groups in total. The summed E-state index contributed by atoms with van der Waals surface area (Å²) in [5.41, 5.74) is 1.17. The lowest BCUT2D eigenvalue weighted by Crippen LogP contribution is -2.37. The van der Waals surface area contributed by atoms with E-state index in [1.165, 1.54) is 0 Å². The number of nitrogens with zero attached hydrogens (tertiary/aromatic N) is 4. The summed E-state index contributed by atoms with van der Waals surface area (Å²) >= 11 is 0. The third kappa shape index (κ3) is 3.90. The number of hydrogen-bond acceptors (Lipinski definition) is 5. The van der Waals surface area contributed by atoms with Crippen LogP contribution in [-0.2, 0) is 4.74 Å². The highest BCUT2D eigenvalue weighted by molar-refractivity contribution is 5.93. The molecule has 0 spiro atoms. The molecule has 0 aliphatic carbocycles. The quantitative estimate of drug-likeness (QED) is 0.865. The largest absolute Gasteiger partial charge is 0.376 e. The number of aromatic nitrogens is 3. The standard InChI is InChI=1S/C17H20N4O2/c1-21(12-14-6-3-5-9-23-14)17(22)13-10-19-16(20-11-13)15-7-2-4-8-18-15/h2,4,7-8,10-11,14H,3,5-6,9,12H2,1H3/t14-/m0/s1. The van der Waals surface area contributed by atoms with E-state index >= 15 is 0 Å². The first-order valence-electron chi connectivity index (χ1n) is 7.84. The minimum atomic E-state index is -0.0910. The molecule has 0 radical (unpaired) electrons. The van der Waals surface area contributed by atoms with Gasteiger partial charge in [-0.05, 0) is 31.4 Å². The van der Waals surface area contributed by atoms with E-state index < -0.39 is 0 Å². The van der Waals surface area contributed by atoms with E-state index in [1.54, 1.807) is 30.5 Å². The van der Waals surface area contributed by atoms with Crippen molar-refractivity contribution in [1.82, 2.24) is 19.9 Å². The zero-order chi connectivity index (χ0) is 16.1. The number of hydrogen-bond donors (Lipinski definition) is 0. The van der Waals surface area contributed by atoms with Crippen LogP contribution in [0.4, 0.5) is 0 Å². The Morgan fingerprint density at radius 2 is 2.09 bits per heavy atom. The highest BCUT2D eigenvalue weighted by atomic mass is 16.5. The molecule has 1 aliphatic rings. The van der Waals surface area contributed by atoms with Gasteiger partial charge in [0.2, 0.25) is 0 Å². The van der Waals surface area contributed by atoms with Gasteiger partial charge in [0.1, 0.15) is 5.69 Å². The predicted octanol–water partition coefficient (Wildman–Crippen LogP) is 2.18. The van der Waals surface area contributed by atoms with Gasteiger partial charge in [-0.25, -0.2) is 9.97 Å². The Bertz CT molecular complexity index is 639. The lowest BCUT2D eigenvalue weighted by molar-refractivity contribution is -0.000203. The van der Waals surface area contributed by atoms with Gasteiger partial charge in [0.25, 0.3) is 5.91 Å². The van der Waals surface area contributed by atoms with E-state index in [9.17, 15) is 4.79 Å². The number of amides is 1. The second kappa shape index (κ2) is 7.28. The van der Waals surface area contributed by atoms with Crippen LogP contribution in [0.1, 0.15) is 29.6 Å². The van der Waals surface area contributed by atoms with Crippen molar-refractivity contribution in [2.24, 2.45) is 0 Å². The fourth-order valence-electron chi connectivity index (χ4n) is 2.63. The van der Waals surface area contributed by atoms with Crippen molar-refractivity contribution in [3.05, 3.63) is 42.4 Å². The summed E-state index contributed by atoms with van der Waals surface area (Å²) in [5, 5.41) is 0. The highest BCUT2D eigenvalue weighted by Crippen LogP contribution is 2.15. The normalized spacial score (nSPS) is 17.7. The van der Waals surface area contributed by atoms with Gasteiger partial charge >= 0.3 is 0 Å². The summed E-state index contributed by atoms with van der Waals surface area (Å²) in [6.07, 6.45) is 8.20. The van der Waals surface area contributed by atoms with E-state index in [2.05, 4.69) is 15.0 Å². The summed E-state index contributed by atoms with van der Waals surface area (Å²) < 4.78 is 5.68. The van der Waals surface area contributed by atoms with E-state index in [-0.39, 0.29) is 12.0 Å². The van der Waals surface area contributed by atoms with Crippen LogP contribution in [0.2, 0.25) is 0 Å². The Morgan fingerprint density at radius 1 is 1.26 bits per heavy atom. The van der Waals surface area contributed by atoms with Crippen LogP contribution >= 0.6 is 0 Å². The predicted molar refractivity (Wildman–Crippen MR) is 85.8 cm³/mol. The fourth-order valence-corrected chi connectivity index (χ4v) is 2.63. The van der Waals surface area contributed by atoms with E-state index in [1.807, 2.05) is 18.2 Å². The Labute approximate surface area is 135 Å². The minimum absolute atomic E-state index is 0.0910. The third-order valence-electron chi connectivity index (χ3n) is 3.89. The molecule has 3 heterocycles. The molecule has 0 unspecified atom stereocenters. The van der Waals surface area contributed by atoms with Gasteiger partial charge in [-0.3, -0.25) is 9.78 Å². The molecular weight excluding hydrogens is 292 g/mol. The fraction of sp³-hybridized carbons (Fsp3) is 0.412. The molecule has 6 heteroatoms. The molecule has 1 amide bonds. The molecule has 1 saturated heterocycles. The summed E-state index contributed by atoms with van der Waals surface area (Å²) in [5.74, 6) is 0.423. The average molecular weight is 312 g/mol. The topological polar surface area (TPSA) is 68.2 Å². The number of rotatable bonds is 4. The third-order valence-corrected chi connectivity index (χ3v) is 3.89. The molecule has 1 atom stereocenters. The lowest BCUT2D eigenvalue weighted by Gasteiger charge is -2.27. The molecular formula is C17H20N4O2. The van der Waals surface area contributed by atoms with Crippen molar-refractivity contribution in [3.63, 3.8) is 0 Å². The maximum atomic E-state index is 12.4. The van der Waals surface area contributed by atoms with Gasteiger partial charge in [0.15, 0.2) is 5.82 Å². The molecule has 6 nitrogen and oxygen atoms in total. The second-order valence-electron chi connectivity index (χ2n) is 5.68. The summed E-state index contributed by atoms with van der Waals surface area (Å²) in [6.45, 7) is 1.38. The van der Waals surface area contributed by atoms with Crippen LogP contribution in [-0.4, -0.2) is 52.1 Å². The molecule has 0 aromatic carbocycles. The van der Waals surface area contributed by atoms with Crippen LogP contribution in [0.25, 0.3) is 11.5 Å². The monoisotopic (exact) mass is 312 g/mol. The number of likely N-dealkylation sites (N-methyl/N-ethyl adjacent to an activating group) is 1. The van der Waals surface area contributed by atoms with Crippen LogP contribution in [0.3, 0.4) is 0 Å². The first-order chi connectivity index (χ1) is 11.2. The number of ether oxygens (including phenoxy) is 1.